The van der Waals surface area contributed by atoms with Gasteiger partial charge >= 0.3 is 0 Å². The molecular formula is C62H119NO8. The molecule has 0 aromatic heterocycles. The lowest BCUT2D eigenvalue weighted by atomic mass is 9.99. The van der Waals surface area contributed by atoms with Crippen molar-refractivity contribution in [1.82, 2.24) is 5.32 Å². The molecule has 1 aliphatic rings. The number of carbonyl (C=O) groups excluding carboxylic acids is 1. The highest BCUT2D eigenvalue weighted by Crippen LogP contribution is 2.23. The maximum Gasteiger partial charge on any atom is 0.220 e. The average molecular weight is 1010 g/mol. The fourth-order valence-electron chi connectivity index (χ4n) is 10.1. The first-order valence-corrected chi connectivity index (χ1v) is 31.1. The summed E-state index contributed by atoms with van der Waals surface area (Å²) in [6.07, 6.45) is 59.8. The van der Waals surface area contributed by atoms with Crippen LogP contribution in [0.1, 0.15) is 309 Å². The van der Waals surface area contributed by atoms with Crippen LogP contribution in [0.2, 0.25) is 0 Å². The molecule has 71 heavy (non-hydrogen) atoms. The molecule has 7 unspecified atom stereocenters. The first-order valence-electron chi connectivity index (χ1n) is 31.1. The molecule has 420 valence electrons. The molecule has 1 amide bonds. The van der Waals surface area contributed by atoms with Crippen LogP contribution < -0.4 is 5.32 Å². The fourth-order valence-corrected chi connectivity index (χ4v) is 10.1. The maximum atomic E-state index is 13.1. The molecule has 1 fully saturated rings. The molecule has 0 spiro atoms. The van der Waals surface area contributed by atoms with Crippen LogP contribution in [0, 0.1) is 0 Å². The predicted molar refractivity (Wildman–Crippen MR) is 300 cm³/mol. The van der Waals surface area contributed by atoms with Crippen molar-refractivity contribution in [2.75, 3.05) is 13.2 Å². The Bertz CT molecular complexity index is 1170. The van der Waals surface area contributed by atoms with E-state index in [0.29, 0.717) is 6.42 Å². The van der Waals surface area contributed by atoms with Crippen LogP contribution in [-0.2, 0) is 14.3 Å². The number of hydrogen-bond acceptors (Lipinski definition) is 8. The highest BCUT2D eigenvalue weighted by atomic mass is 16.7. The van der Waals surface area contributed by atoms with Gasteiger partial charge in [-0.25, -0.2) is 0 Å². The van der Waals surface area contributed by atoms with Crippen LogP contribution in [0.3, 0.4) is 0 Å². The Labute approximate surface area is 439 Å². The van der Waals surface area contributed by atoms with E-state index < -0.39 is 49.5 Å². The highest BCUT2D eigenvalue weighted by Gasteiger charge is 2.44. The maximum absolute atomic E-state index is 13.1. The van der Waals surface area contributed by atoms with E-state index >= 15 is 0 Å². The molecule has 7 atom stereocenters. The Kier molecular flexibility index (Phi) is 49.7. The minimum Gasteiger partial charge on any atom is -0.394 e. The van der Waals surface area contributed by atoms with E-state index in [9.17, 15) is 30.3 Å². The van der Waals surface area contributed by atoms with Gasteiger partial charge in [-0.3, -0.25) is 4.79 Å². The Morgan fingerprint density at radius 3 is 1.18 bits per heavy atom. The van der Waals surface area contributed by atoms with Gasteiger partial charge in [0.2, 0.25) is 5.91 Å². The molecule has 1 heterocycles. The minimum atomic E-state index is -1.57. The highest BCUT2D eigenvalue weighted by molar-refractivity contribution is 5.76. The molecule has 0 bridgehead atoms. The lowest BCUT2D eigenvalue weighted by Gasteiger charge is -2.40. The number of nitrogens with one attached hydrogen (secondary N) is 1. The van der Waals surface area contributed by atoms with Gasteiger partial charge in [-0.15, -0.1) is 0 Å². The van der Waals surface area contributed by atoms with Gasteiger partial charge in [-0.1, -0.05) is 295 Å². The van der Waals surface area contributed by atoms with Crippen LogP contribution >= 0.6 is 0 Å². The van der Waals surface area contributed by atoms with Crippen molar-refractivity contribution in [1.29, 1.82) is 0 Å². The van der Waals surface area contributed by atoms with Crippen molar-refractivity contribution in [2.45, 2.75) is 352 Å². The van der Waals surface area contributed by atoms with Crippen molar-refractivity contribution in [3.63, 3.8) is 0 Å². The summed E-state index contributed by atoms with van der Waals surface area (Å²) in [7, 11) is 0. The van der Waals surface area contributed by atoms with Gasteiger partial charge in [0.05, 0.1) is 25.4 Å². The van der Waals surface area contributed by atoms with Gasteiger partial charge in [0.1, 0.15) is 24.4 Å². The van der Waals surface area contributed by atoms with E-state index in [1.54, 1.807) is 6.08 Å². The Morgan fingerprint density at radius 1 is 0.465 bits per heavy atom. The van der Waals surface area contributed by atoms with E-state index in [1.165, 1.54) is 250 Å². The van der Waals surface area contributed by atoms with Crippen LogP contribution in [0.4, 0.5) is 0 Å². The van der Waals surface area contributed by atoms with E-state index in [-0.39, 0.29) is 12.5 Å². The largest absolute Gasteiger partial charge is 0.394 e. The monoisotopic (exact) mass is 1010 g/mol. The number of rotatable bonds is 54. The molecule has 0 saturated carbocycles. The molecule has 9 heteroatoms. The van der Waals surface area contributed by atoms with E-state index in [1.807, 2.05) is 6.08 Å². The average Bonchev–Trinajstić information content (AvgIpc) is 3.37. The fraction of sp³-hybridized carbons (Fsp3) is 0.919. The summed E-state index contributed by atoms with van der Waals surface area (Å²) in [6, 6.07) is -0.819. The lowest BCUT2D eigenvalue weighted by molar-refractivity contribution is -0.302. The summed E-state index contributed by atoms with van der Waals surface area (Å²) in [5.41, 5.74) is 0. The van der Waals surface area contributed by atoms with Gasteiger partial charge in [-0.05, 0) is 32.1 Å². The van der Waals surface area contributed by atoms with Crippen molar-refractivity contribution in [3.8, 4) is 0 Å². The second kappa shape index (κ2) is 52.1. The number of unbranched alkanes of at least 4 members (excludes halogenated alkanes) is 42. The number of ether oxygens (including phenoxy) is 2. The zero-order chi connectivity index (χ0) is 51.5. The normalized spacial score (nSPS) is 19.3. The number of carbonyl (C=O) groups is 1. The van der Waals surface area contributed by atoms with E-state index in [2.05, 4.69) is 31.3 Å². The zero-order valence-electron chi connectivity index (χ0n) is 46.8. The summed E-state index contributed by atoms with van der Waals surface area (Å²) < 4.78 is 11.3. The summed E-state index contributed by atoms with van der Waals surface area (Å²) in [6.45, 7) is 3.81. The summed E-state index contributed by atoms with van der Waals surface area (Å²) in [5.74, 6) is -0.180. The first-order chi connectivity index (χ1) is 34.8. The van der Waals surface area contributed by atoms with Gasteiger partial charge in [0.25, 0.3) is 0 Å². The molecule has 0 aliphatic carbocycles. The number of amides is 1. The molecule has 0 aromatic rings. The van der Waals surface area contributed by atoms with Gasteiger partial charge < -0.3 is 40.3 Å². The van der Waals surface area contributed by atoms with Gasteiger partial charge in [-0.2, -0.15) is 0 Å². The van der Waals surface area contributed by atoms with Crippen LogP contribution in [0.15, 0.2) is 24.3 Å². The molecular weight excluding hydrogens is 887 g/mol. The van der Waals surface area contributed by atoms with E-state index in [4.69, 9.17) is 9.47 Å². The van der Waals surface area contributed by atoms with Crippen molar-refractivity contribution in [3.05, 3.63) is 24.3 Å². The standard InChI is InChI=1S/C62H119NO8/c1-3-5-7-9-11-13-15-17-19-21-23-25-26-27-28-29-30-31-32-34-36-38-40-42-44-46-48-50-52-58(66)63-55(54-70-62-61(69)60(68)59(67)57(53-64)71-62)56(65)51-49-47-45-43-41-39-37-35-33-24-22-20-18-16-14-12-10-8-6-4-2/h41,43,49,51,55-57,59-62,64-65,67-69H,3-40,42,44-48,50,52-54H2,1-2H3,(H,63,66)/b43-41+,51-49+. The molecule has 0 radical (unpaired) electrons. The van der Waals surface area contributed by atoms with Crippen LogP contribution in [-0.4, -0.2) is 87.5 Å². The van der Waals surface area contributed by atoms with Crippen molar-refractivity contribution < 1.29 is 39.8 Å². The first kappa shape index (κ1) is 67.7. The lowest BCUT2D eigenvalue weighted by Crippen LogP contribution is -2.60. The topological polar surface area (TPSA) is 149 Å². The Hall–Kier alpha value is -1.33. The minimum absolute atomic E-state index is 0.180. The summed E-state index contributed by atoms with van der Waals surface area (Å²) >= 11 is 0. The zero-order valence-corrected chi connectivity index (χ0v) is 46.8. The second-order valence-corrected chi connectivity index (χ2v) is 21.9. The van der Waals surface area contributed by atoms with Crippen molar-refractivity contribution in [2.24, 2.45) is 0 Å². The number of allylic oxidation sites excluding steroid dienone is 3. The molecule has 9 nitrogen and oxygen atoms in total. The predicted octanol–water partition coefficient (Wildman–Crippen LogP) is 15.7. The molecule has 6 N–H and O–H groups in total. The molecule has 1 rings (SSSR count). The quantitative estimate of drug-likeness (QED) is 0.0261. The van der Waals surface area contributed by atoms with E-state index in [0.717, 1.165) is 38.5 Å². The van der Waals surface area contributed by atoms with Gasteiger partial charge in [0, 0.05) is 6.42 Å². The molecule has 1 aliphatic heterocycles. The number of aliphatic hydroxyl groups excluding tert-OH is 5. The summed E-state index contributed by atoms with van der Waals surface area (Å²) in [5, 5.41) is 54.6. The number of aliphatic hydroxyl groups is 5. The third kappa shape index (κ3) is 41.6. The Morgan fingerprint density at radius 2 is 0.803 bits per heavy atom. The smallest absolute Gasteiger partial charge is 0.220 e. The van der Waals surface area contributed by atoms with Crippen LogP contribution in [0.5, 0.6) is 0 Å². The third-order valence-electron chi connectivity index (χ3n) is 15.0. The van der Waals surface area contributed by atoms with Gasteiger partial charge in [0.15, 0.2) is 6.29 Å². The third-order valence-corrected chi connectivity index (χ3v) is 15.0. The SMILES string of the molecule is CCCCCCCCCCCCCCCC/C=C/CC/C=C/C(O)C(COC1OC(CO)C(O)C(O)C1O)NC(=O)CCCCCCCCCCCCCCCCCCCCCCCCCCCCCC. The molecule has 0 aromatic carbocycles. The Balaban J connectivity index is 2.18. The second-order valence-electron chi connectivity index (χ2n) is 21.9. The van der Waals surface area contributed by atoms with Crippen LogP contribution in [0.25, 0.3) is 0 Å². The van der Waals surface area contributed by atoms with Crippen molar-refractivity contribution >= 4 is 5.91 Å². The molecule has 1 saturated heterocycles. The number of hydrogen-bond donors (Lipinski definition) is 6. The summed E-state index contributed by atoms with van der Waals surface area (Å²) in [4.78, 5) is 13.1.